The Balaban J connectivity index is 2.05. The SMILES string of the molecule is Cc1c(NC(=O)NC(C(F)F)C2CC2)cccc1[N+](=O)[O-]. The minimum Gasteiger partial charge on any atom is -0.329 e. The predicted molar refractivity (Wildman–Crippen MR) is 72.5 cm³/mol. The third-order valence-electron chi connectivity index (χ3n) is 3.45. The van der Waals surface area contributed by atoms with E-state index in [1.165, 1.54) is 25.1 Å². The molecule has 6 nitrogen and oxygen atoms in total. The second kappa shape index (κ2) is 6.02. The molecule has 1 fully saturated rings. The number of hydrogen-bond donors (Lipinski definition) is 2. The number of anilines is 1. The van der Waals surface area contributed by atoms with Gasteiger partial charge >= 0.3 is 6.03 Å². The van der Waals surface area contributed by atoms with Crippen molar-refractivity contribution in [3.8, 4) is 0 Å². The van der Waals surface area contributed by atoms with Gasteiger partial charge in [0.1, 0.15) is 0 Å². The van der Waals surface area contributed by atoms with Gasteiger partial charge in [-0.05, 0) is 31.7 Å². The van der Waals surface area contributed by atoms with E-state index in [1.807, 2.05) is 0 Å². The highest BCUT2D eigenvalue weighted by molar-refractivity contribution is 5.91. The van der Waals surface area contributed by atoms with Gasteiger partial charge in [-0.25, -0.2) is 13.6 Å². The molecule has 1 unspecified atom stereocenters. The van der Waals surface area contributed by atoms with Gasteiger partial charge in [0.05, 0.1) is 22.2 Å². The van der Waals surface area contributed by atoms with Gasteiger partial charge < -0.3 is 10.6 Å². The number of nitro benzene ring substituents is 1. The van der Waals surface area contributed by atoms with E-state index >= 15 is 0 Å². The lowest BCUT2D eigenvalue weighted by molar-refractivity contribution is -0.385. The Bertz CT molecular complexity index is 560. The predicted octanol–water partition coefficient (Wildman–Crippen LogP) is 3.07. The van der Waals surface area contributed by atoms with Crippen molar-refractivity contribution in [2.75, 3.05) is 5.32 Å². The zero-order valence-electron chi connectivity index (χ0n) is 11.3. The van der Waals surface area contributed by atoms with E-state index < -0.39 is 23.4 Å². The summed E-state index contributed by atoms with van der Waals surface area (Å²) in [4.78, 5) is 22.0. The quantitative estimate of drug-likeness (QED) is 0.647. The number of hydrogen-bond acceptors (Lipinski definition) is 3. The number of alkyl halides is 2. The normalized spacial score (nSPS) is 15.6. The molecule has 0 heterocycles. The van der Waals surface area contributed by atoms with Crippen LogP contribution in [0.5, 0.6) is 0 Å². The van der Waals surface area contributed by atoms with E-state index in [4.69, 9.17) is 0 Å². The second-order valence-electron chi connectivity index (χ2n) is 5.00. The minimum absolute atomic E-state index is 0.139. The molecule has 1 aromatic carbocycles. The highest BCUT2D eigenvalue weighted by atomic mass is 19.3. The van der Waals surface area contributed by atoms with Gasteiger partial charge in [-0.2, -0.15) is 0 Å². The molecule has 1 saturated carbocycles. The Morgan fingerprint density at radius 3 is 2.62 bits per heavy atom. The summed E-state index contributed by atoms with van der Waals surface area (Å²) in [6, 6.07) is 2.26. The first kappa shape index (κ1) is 15.1. The molecule has 1 atom stereocenters. The molecule has 0 aliphatic heterocycles. The summed E-state index contributed by atoms with van der Waals surface area (Å²) < 4.78 is 25.6. The zero-order valence-corrected chi connectivity index (χ0v) is 11.3. The molecule has 1 aromatic rings. The van der Waals surface area contributed by atoms with Gasteiger partial charge in [-0.1, -0.05) is 6.07 Å². The number of nitrogens with zero attached hydrogens (tertiary/aromatic N) is 1. The number of amides is 2. The molecule has 2 rings (SSSR count). The lowest BCUT2D eigenvalue weighted by atomic mass is 10.1. The average Bonchev–Trinajstić information content (AvgIpc) is 3.22. The van der Waals surface area contributed by atoms with Crippen molar-refractivity contribution in [1.82, 2.24) is 5.32 Å². The zero-order chi connectivity index (χ0) is 15.6. The van der Waals surface area contributed by atoms with E-state index in [2.05, 4.69) is 10.6 Å². The van der Waals surface area contributed by atoms with Crippen LogP contribution in [0.15, 0.2) is 18.2 Å². The van der Waals surface area contributed by atoms with E-state index in [1.54, 1.807) is 0 Å². The van der Waals surface area contributed by atoms with Crippen molar-refractivity contribution in [3.05, 3.63) is 33.9 Å². The third-order valence-corrected chi connectivity index (χ3v) is 3.45. The molecule has 2 N–H and O–H groups in total. The van der Waals surface area contributed by atoms with Crippen LogP contribution in [0.4, 0.5) is 25.0 Å². The van der Waals surface area contributed by atoms with E-state index in [0.29, 0.717) is 12.8 Å². The molecule has 1 aliphatic rings. The fourth-order valence-electron chi connectivity index (χ4n) is 2.11. The number of urea groups is 1. The van der Waals surface area contributed by atoms with Crippen LogP contribution in [0.25, 0.3) is 0 Å². The molecule has 114 valence electrons. The topological polar surface area (TPSA) is 84.3 Å². The van der Waals surface area contributed by atoms with Crippen LogP contribution in [0.1, 0.15) is 18.4 Å². The van der Waals surface area contributed by atoms with Crippen molar-refractivity contribution >= 4 is 17.4 Å². The van der Waals surface area contributed by atoms with Crippen LogP contribution in [-0.4, -0.2) is 23.4 Å². The Hall–Kier alpha value is -2.25. The first-order valence-electron chi connectivity index (χ1n) is 6.50. The smallest absolute Gasteiger partial charge is 0.319 e. The fourth-order valence-corrected chi connectivity index (χ4v) is 2.11. The number of nitro groups is 1. The summed E-state index contributed by atoms with van der Waals surface area (Å²) in [5.74, 6) is -0.193. The molecule has 0 aromatic heterocycles. The lowest BCUT2D eigenvalue weighted by Crippen LogP contribution is -2.43. The van der Waals surface area contributed by atoms with Crippen LogP contribution >= 0.6 is 0 Å². The minimum atomic E-state index is -2.63. The van der Waals surface area contributed by atoms with Crippen molar-refractivity contribution in [3.63, 3.8) is 0 Å². The summed E-state index contributed by atoms with van der Waals surface area (Å²) in [5.41, 5.74) is 0.364. The molecule has 0 saturated heterocycles. The summed E-state index contributed by atoms with van der Waals surface area (Å²) in [5, 5.41) is 15.4. The Kier molecular flexibility index (Phi) is 4.35. The molecule has 0 radical (unpaired) electrons. The maximum absolute atomic E-state index is 12.8. The monoisotopic (exact) mass is 299 g/mol. The molecule has 21 heavy (non-hydrogen) atoms. The number of nitrogens with one attached hydrogen (secondary N) is 2. The lowest BCUT2D eigenvalue weighted by Gasteiger charge is -2.18. The van der Waals surface area contributed by atoms with Crippen LogP contribution in [0.3, 0.4) is 0 Å². The van der Waals surface area contributed by atoms with Crippen molar-refractivity contribution in [1.29, 1.82) is 0 Å². The molecule has 2 amide bonds. The van der Waals surface area contributed by atoms with Gasteiger partial charge in [0.2, 0.25) is 0 Å². The molecule has 0 spiro atoms. The maximum Gasteiger partial charge on any atom is 0.319 e. The third kappa shape index (κ3) is 3.65. The van der Waals surface area contributed by atoms with Crippen LogP contribution < -0.4 is 10.6 Å². The Labute approximate surface area is 119 Å². The van der Waals surface area contributed by atoms with Crippen molar-refractivity contribution in [2.24, 2.45) is 5.92 Å². The molecular formula is C13H15F2N3O3. The fraction of sp³-hybridized carbons (Fsp3) is 0.462. The highest BCUT2D eigenvalue weighted by Crippen LogP contribution is 2.35. The number of benzene rings is 1. The number of carbonyl (C=O) groups excluding carboxylic acids is 1. The molecule has 1 aliphatic carbocycles. The molecular weight excluding hydrogens is 284 g/mol. The standard InChI is InChI=1S/C13H15F2N3O3/c1-7-9(3-2-4-10(7)18(20)21)16-13(19)17-11(12(14)15)8-5-6-8/h2-4,8,11-12H,5-6H2,1H3,(H2,16,17,19). The summed E-state index contributed by atoms with van der Waals surface area (Å²) >= 11 is 0. The Morgan fingerprint density at radius 1 is 1.43 bits per heavy atom. The largest absolute Gasteiger partial charge is 0.329 e. The molecule has 0 bridgehead atoms. The van der Waals surface area contributed by atoms with Gasteiger partial charge in [0.25, 0.3) is 12.1 Å². The summed E-state index contributed by atoms with van der Waals surface area (Å²) in [7, 11) is 0. The van der Waals surface area contributed by atoms with Gasteiger partial charge in [0, 0.05) is 6.07 Å². The second-order valence-corrected chi connectivity index (χ2v) is 5.00. The summed E-state index contributed by atoms with van der Waals surface area (Å²) in [6.45, 7) is 1.49. The van der Waals surface area contributed by atoms with Crippen LogP contribution in [0, 0.1) is 23.0 Å². The number of carbonyl (C=O) groups is 1. The highest BCUT2D eigenvalue weighted by Gasteiger charge is 2.38. The Morgan fingerprint density at radius 2 is 2.10 bits per heavy atom. The van der Waals surface area contributed by atoms with E-state index in [0.717, 1.165) is 0 Å². The van der Waals surface area contributed by atoms with Gasteiger partial charge in [0.15, 0.2) is 0 Å². The van der Waals surface area contributed by atoms with E-state index in [9.17, 15) is 23.7 Å². The number of halogens is 2. The van der Waals surface area contributed by atoms with Gasteiger partial charge in [-0.15, -0.1) is 0 Å². The number of rotatable bonds is 5. The first-order valence-corrected chi connectivity index (χ1v) is 6.50. The van der Waals surface area contributed by atoms with Crippen LogP contribution in [-0.2, 0) is 0 Å². The van der Waals surface area contributed by atoms with E-state index in [-0.39, 0.29) is 22.9 Å². The van der Waals surface area contributed by atoms with Crippen LogP contribution in [0.2, 0.25) is 0 Å². The average molecular weight is 299 g/mol. The van der Waals surface area contributed by atoms with Crippen molar-refractivity contribution < 1.29 is 18.5 Å². The van der Waals surface area contributed by atoms with Gasteiger partial charge in [-0.3, -0.25) is 10.1 Å². The summed E-state index contributed by atoms with van der Waals surface area (Å²) in [6.07, 6.45) is -1.29. The molecule has 8 heteroatoms. The first-order chi connectivity index (χ1) is 9.90. The maximum atomic E-state index is 12.8. The van der Waals surface area contributed by atoms with Crippen molar-refractivity contribution in [2.45, 2.75) is 32.2 Å².